The van der Waals surface area contributed by atoms with Gasteiger partial charge < -0.3 is 10.5 Å². The second-order valence-corrected chi connectivity index (χ2v) is 6.77. The zero-order valence-corrected chi connectivity index (χ0v) is 13.8. The Morgan fingerprint density at radius 1 is 1.29 bits per heavy atom. The summed E-state index contributed by atoms with van der Waals surface area (Å²) < 4.78 is 32.7. The van der Waals surface area contributed by atoms with Gasteiger partial charge >= 0.3 is 0 Å². The van der Waals surface area contributed by atoms with Crippen LogP contribution in [0.2, 0.25) is 0 Å². The first-order valence-electron chi connectivity index (χ1n) is 7.02. The van der Waals surface area contributed by atoms with E-state index in [4.69, 9.17) is 10.5 Å². The number of nitrogens with one attached hydrogen (secondary N) is 1. The van der Waals surface area contributed by atoms with Gasteiger partial charge in [-0.05, 0) is 56.5 Å². The molecule has 1 aromatic carbocycles. The average Bonchev–Trinajstić information content (AvgIpc) is 2.86. The molecule has 120 valence electrons. The molecule has 1 aliphatic rings. The SMILES string of the molecule is CCOc1ccc(S(=O)(=O)NC2CCCC2CN)cc1.Cl. The van der Waals surface area contributed by atoms with Crippen molar-refractivity contribution >= 4 is 22.4 Å². The summed E-state index contributed by atoms with van der Waals surface area (Å²) in [6.45, 7) is 2.97. The summed E-state index contributed by atoms with van der Waals surface area (Å²) in [4.78, 5) is 0.267. The van der Waals surface area contributed by atoms with Gasteiger partial charge in [-0.25, -0.2) is 13.1 Å². The molecule has 0 spiro atoms. The Bertz CT molecular complexity index is 534. The van der Waals surface area contributed by atoms with Crippen LogP contribution in [0, 0.1) is 5.92 Å². The Morgan fingerprint density at radius 3 is 2.52 bits per heavy atom. The average molecular weight is 335 g/mol. The van der Waals surface area contributed by atoms with E-state index in [1.807, 2.05) is 6.92 Å². The highest BCUT2D eigenvalue weighted by Gasteiger charge is 2.30. The van der Waals surface area contributed by atoms with Gasteiger partial charge in [-0.1, -0.05) is 6.42 Å². The molecule has 7 heteroatoms. The number of rotatable bonds is 6. The summed E-state index contributed by atoms with van der Waals surface area (Å²) in [5, 5.41) is 0. The minimum Gasteiger partial charge on any atom is -0.494 e. The molecule has 5 nitrogen and oxygen atoms in total. The maximum absolute atomic E-state index is 12.3. The lowest BCUT2D eigenvalue weighted by Gasteiger charge is -2.19. The van der Waals surface area contributed by atoms with Crippen LogP contribution in [-0.4, -0.2) is 27.6 Å². The van der Waals surface area contributed by atoms with Gasteiger partial charge in [0, 0.05) is 6.04 Å². The fourth-order valence-corrected chi connectivity index (χ4v) is 3.96. The van der Waals surface area contributed by atoms with Crippen molar-refractivity contribution in [3.05, 3.63) is 24.3 Å². The predicted molar refractivity (Wildman–Crippen MR) is 85.4 cm³/mol. The van der Waals surface area contributed by atoms with E-state index >= 15 is 0 Å². The van der Waals surface area contributed by atoms with E-state index in [1.165, 1.54) is 0 Å². The minimum atomic E-state index is -3.48. The van der Waals surface area contributed by atoms with Crippen LogP contribution in [-0.2, 0) is 10.0 Å². The molecule has 0 saturated heterocycles. The zero-order valence-electron chi connectivity index (χ0n) is 12.1. The van der Waals surface area contributed by atoms with E-state index in [9.17, 15) is 8.42 Å². The van der Waals surface area contributed by atoms with Gasteiger partial charge in [-0.15, -0.1) is 12.4 Å². The van der Waals surface area contributed by atoms with Gasteiger partial charge in [-0.2, -0.15) is 0 Å². The Labute approximate surface area is 132 Å². The third-order valence-corrected chi connectivity index (χ3v) is 5.22. The number of ether oxygens (including phenoxy) is 1. The van der Waals surface area contributed by atoms with Crippen molar-refractivity contribution in [3.63, 3.8) is 0 Å². The lowest BCUT2D eigenvalue weighted by atomic mass is 10.1. The largest absolute Gasteiger partial charge is 0.494 e. The van der Waals surface area contributed by atoms with Crippen LogP contribution in [0.1, 0.15) is 26.2 Å². The van der Waals surface area contributed by atoms with Crippen molar-refractivity contribution in [2.24, 2.45) is 11.7 Å². The minimum absolute atomic E-state index is 0. The van der Waals surface area contributed by atoms with Crippen LogP contribution < -0.4 is 15.2 Å². The van der Waals surface area contributed by atoms with Crippen molar-refractivity contribution in [3.8, 4) is 5.75 Å². The summed E-state index contributed by atoms with van der Waals surface area (Å²) >= 11 is 0. The molecular weight excluding hydrogens is 312 g/mol. The van der Waals surface area contributed by atoms with Crippen LogP contribution in [0.5, 0.6) is 5.75 Å². The lowest BCUT2D eigenvalue weighted by Crippen LogP contribution is -2.39. The molecule has 0 aromatic heterocycles. The summed E-state index contributed by atoms with van der Waals surface area (Å²) in [5.74, 6) is 0.916. The maximum Gasteiger partial charge on any atom is 0.240 e. The highest BCUT2D eigenvalue weighted by Crippen LogP contribution is 2.26. The van der Waals surface area contributed by atoms with E-state index in [1.54, 1.807) is 24.3 Å². The molecule has 1 aromatic rings. The van der Waals surface area contributed by atoms with Crippen molar-refractivity contribution in [2.75, 3.05) is 13.2 Å². The van der Waals surface area contributed by atoms with Gasteiger partial charge in [0.2, 0.25) is 10.0 Å². The molecule has 2 rings (SSSR count). The summed E-state index contributed by atoms with van der Waals surface area (Å²) in [5.41, 5.74) is 5.68. The molecule has 1 aliphatic carbocycles. The fraction of sp³-hybridized carbons (Fsp3) is 0.571. The molecular formula is C14H23ClN2O3S. The Kier molecular flexibility index (Phi) is 6.93. The molecule has 0 amide bonds. The van der Waals surface area contributed by atoms with E-state index in [0.717, 1.165) is 19.3 Å². The molecule has 2 atom stereocenters. The highest BCUT2D eigenvalue weighted by atomic mass is 35.5. The van der Waals surface area contributed by atoms with E-state index in [0.29, 0.717) is 18.9 Å². The standard InChI is InChI=1S/C14H22N2O3S.ClH/c1-2-19-12-6-8-13(9-7-12)20(17,18)16-14-5-3-4-11(14)10-15;/h6-9,11,14,16H,2-5,10,15H2,1H3;1H. The lowest BCUT2D eigenvalue weighted by molar-refractivity contribution is 0.340. The van der Waals surface area contributed by atoms with Crippen LogP contribution in [0.15, 0.2) is 29.2 Å². The number of hydrogen-bond donors (Lipinski definition) is 2. The number of benzene rings is 1. The number of hydrogen-bond acceptors (Lipinski definition) is 4. The number of nitrogens with two attached hydrogens (primary N) is 1. The van der Waals surface area contributed by atoms with Crippen molar-refractivity contribution < 1.29 is 13.2 Å². The van der Waals surface area contributed by atoms with Crippen molar-refractivity contribution in [1.29, 1.82) is 0 Å². The predicted octanol–water partition coefficient (Wildman–Crippen LogP) is 1.91. The summed E-state index contributed by atoms with van der Waals surface area (Å²) in [6, 6.07) is 6.44. The molecule has 3 N–H and O–H groups in total. The second kappa shape index (κ2) is 7.98. The smallest absolute Gasteiger partial charge is 0.240 e. The Morgan fingerprint density at radius 2 is 1.95 bits per heavy atom. The quantitative estimate of drug-likeness (QED) is 0.832. The van der Waals surface area contributed by atoms with Crippen LogP contribution in [0.25, 0.3) is 0 Å². The third kappa shape index (κ3) is 4.57. The van der Waals surface area contributed by atoms with Gasteiger partial charge in [0.05, 0.1) is 11.5 Å². The number of halogens is 1. The first-order valence-corrected chi connectivity index (χ1v) is 8.50. The second-order valence-electron chi connectivity index (χ2n) is 5.06. The fourth-order valence-electron chi connectivity index (χ4n) is 2.62. The molecule has 0 heterocycles. The normalized spacial score (nSPS) is 21.8. The molecule has 0 bridgehead atoms. The topological polar surface area (TPSA) is 81.4 Å². The Hall–Kier alpha value is -0.820. The number of sulfonamides is 1. The molecule has 0 aliphatic heterocycles. The molecule has 1 saturated carbocycles. The first kappa shape index (κ1) is 18.2. The zero-order chi connectivity index (χ0) is 14.6. The van der Waals surface area contributed by atoms with E-state index in [-0.39, 0.29) is 29.3 Å². The summed E-state index contributed by atoms with van der Waals surface area (Å²) in [6.07, 6.45) is 2.88. The van der Waals surface area contributed by atoms with Crippen LogP contribution in [0.4, 0.5) is 0 Å². The Balaban J connectivity index is 0.00000220. The highest BCUT2D eigenvalue weighted by molar-refractivity contribution is 7.89. The van der Waals surface area contributed by atoms with Gasteiger partial charge in [0.1, 0.15) is 5.75 Å². The van der Waals surface area contributed by atoms with E-state index < -0.39 is 10.0 Å². The van der Waals surface area contributed by atoms with Gasteiger partial charge in [0.15, 0.2) is 0 Å². The summed E-state index contributed by atoms with van der Waals surface area (Å²) in [7, 11) is -3.48. The molecule has 2 unspecified atom stereocenters. The van der Waals surface area contributed by atoms with Gasteiger partial charge in [-0.3, -0.25) is 0 Å². The molecule has 21 heavy (non-hydrogen) atoms. The van der Waals surface area contributed by atoms with E-state index in [2.05, 4.69) is 4.72 Å². The maximum atomic E-state index is 12.3. The molecule has 0 radical (unpaired) electrons. The third-order valence-electron chi connectivity index (χ3n) is 3.71. The van der Waals surface area contributed by atoms with Crippen molar-refractivity contribution in [2.45, 2.75) is 37.1 Å². The molecule has 1 fully saturated rings. The van der Waals surface area contributed by atoms with Gasteiger partial charge in [0.25, 0.3) is 0 Å². The van der Waals surface area contributed by atoms with Crippen LogP contribution >= 0.6 is 12.4 Å². The monoisotopic (exact) mass is 334 g/mol. The van der Waals surface area contributed by atoms with Crippen molar-refractivity contribution in [1.82, 2.24) is 4.72 Å². The first-order chi connectivity index (χ1) is 9.56. The van der Waals surface area contributed by atoms with Crippen LogP contribution in [0.3, 0.4) is 0 Å².